The molecule has 0 aromatic heterocycles. The molecule has 1 atom stereocenters. The lowest BCUT2D eigenvalue weighted by atomic mass is 10.1. The summed E-state index contributed by atoms with van der Waals surface area (Å²) in [7, 11) is 0. The molecular weight excluding hydrogens is 425 g/mol. The van der Waals surface area contributed by atoms with Crippen LogP contribution in [-0.4, -0.2) is 21.0 Å². The third kappa shape index (κ3) is 9.84. The minimum absolute atomic E-state index is 0.174. The van der Waals surface area contributed by atoms with Crippen LogP contribution in [0, 0.1) is 0 Å². The van der Waals surface area contributed by atoms with Gasteiger partial charge in [0.25, 0.3) is 0 Å². The first kappa shape index (κ1) is 24.3. The fourth-order valence-corrected chi connectivity index (χ4v) is 3.12. The van der Waals surface area contributed by atoms with Gasteiger partial charge in [-0.25, -0.2) is 0 Å². The van der Waals surface area contributed by atoms with Gasteiger partial charge in [0.05, 0.1) is 0 Å². The fourth-order valence-electron chi connectivity index (χ4n) is 2.56. The number of unbranched alkanes of at least 4 members (excludes halogenated alkanes) is 4. The molecule has 1 rings (SSSR count). The van der Waals surface area contributed by atoms with Crippen molar-refractivity contribution in [3.05, 3.63) is 29.8 Å². The first-order valence-corrected chi connectivity index (χ1v) is 10.8. The number of hydrogen-bond acceptors (Lipinski definition) is 2. The standard InChI is InChI=1S/C19H28Cl3N3OS/c1-3-5-6-7-8-13-16(26)24-17(19(20,21)22)25-18(27)23-15-12-10-9-11-14(15)4-2/h9-12,17H,3-8,13H2,1-2H3,(H,24,26)(H2,23,25,27). The summed E-state index contributed by atoms with van der Waals surface area (Å²) in [6.07, 6.45) is 5.61. The van der Waals surface area contributed by atoms with E-state index in [1.54, 1.807) is 0 Å². The Labute approximate surface area is 182 Å². The summed E-state index contributed by atoms with van der Waals surface area (Å²) in [5.74, 6) is -0.174. The van der Waals surface area contributed by atoms with Crippen molar-refractivity contribution in [2.45, 2.75) is 68.8 Å². The van der Waals surface area contributed by atoms with Crippen molar-refractivity contribution in [3.8, 4) is 0 Å². The van der Waals surface area contributed by atoms with Crippen molar-refractivity contribution in [1.82, 2.24) is 10.6 Å². The molecule has 0 aliphatic heterocycles. The third-order valence-corrected chi connectivity index (χ3v) is 4.94. The minimum Gasteiger partial charge on any atom is -0.339 e. The highest BCUT2D eigenvalue weighted by molar-refractivity contribution is 7.80. The van der Waals surface area contributed by atoms with Crippen LogP contribution in [0.5, 0.6) is 0 Å². The number of alkyl halides is 3. The highest BCUT2D eigenvalue weighted by Crippen LogP contribution is 2.29. The lowest BCUT2D eigenvalue weighted by Crippen LogP contribution is -2.56. The molecule has 0 saturated carbocycles. The van der Waals surface area contributed by atoms with Crippen LogP contribution < -0.4 is 16.0 Å². The molecule has 0 radical (unpaired) electrons. The van der Waals surface area contributed by atoms with E-state index < -0.39 is 9.96 Å². The predicted molar refractivity (Wildman–Crippen MR) is 121 cm³/mol. The number of rotatable bonds is 10. The molecule has 1 aromatic rings. The summed E-state index contributed by atoms with van der Waals surface area (Å²) in [4.78, 5) is 12.2. The number of benzene rings is 1. The lowest BCUT2D eigenvalue weighted by molar-refractivity contribution is -0.122. The second-order valence-corrected chi connectivity index (χ2v) is 9.09. The van der Waals surface area contributed by atoms with Gasteiger partial charge in [-0.05, 0) is 36.7 Å². The van der Waals surface area contributed by atoms with Gasteiger partial charge in [0.2, 0.25) is 9.70 Å². The van der Waals surface area contributed by atoms with Gasteiger partial charge in [-0.3, -0.25) is 4.79 Å². The zero-order valence-corrected chi connectivity index (χ0v) is 18.9. The number of carbonyl (C=O) groups excluding carboxylic acids is 1. The number of anilines is 1. The number of halogens is 3. The van der Waals surface area contributed by atoms with Gasteiger partial charge in [0.1, 0.15) is 6.17 Å². The van der Waals surface area contributed by atoms with E-state index in [0.29, 0.717) is 6.42 Å². The molecule has 0 fully saturated rings. The Bertz CT molecular complexity index is 608. The zero-order chi connectivity index (χ0) is 20.3. The van der Waals surface area contributed by atoms with Crippen LogP contribution in [0.2, 0.25) is 0 Å². The second kappa shape index (κ2) is 12.7. The van der Waals surface area contributed by atoms with Gasteiger partial charge in [0.15, 0.2) is 5.11 Å². The molecule has 3 N–H and O–H groups in total. The monoisotopic (exact) mass is 451 g/mol. The maximum atomic E-state index is 12.2. The fraction of sp³-hybridized carbons (Fsp3) is 0.579. The molecule has 1 amide bonds. The Hall–Kier alpha value is -0.750. The van der Waals surface area contributed by atoms with Crippen molar-refractivity contribution in [3.63, 3.8) is 0 Å². The Morgan fingerprint density at radius 1 is 1.07 bits per heavy atom. The molecular formula is C19H28Cl3N3OS. The van der Waals surface area contributed by atoms with E-state index in [2.05, 4.69) is 29.8 Å². The van der Waals surface area contributed by atoms with Crippen LogP contribution in [0.4, 0.5) is 5.69 Å². The molecule has 27 heavy (non-hydrogen) atoms. The lowest BCUT2D eigenvalue weighted by Gasteiger charge is -2.28. The molecule has 0 saturated heterocycles. The molecule has 1 unspecified atom stereocenters. The van der Waals surface area contributed by atoms with Crippen molar-refractivity contribution in [2.75, 3.05) is 5.32 Å². The minimum atomic E-state index is -1.74. The first-order chi connectivity index (χ1) is 12.8. The number of thiocarbonyl (C=S) groups is 1. The smallest absolute Gasteiger partial charge is 0.228 e. The summed E-state index contributed by atoms with van der Waals surface area (Å²) in [5, 5.41) is 8.98. The number of hydrogen-bond donors (Lipinski definition) is 3. The van der Waals surface area contributed by atoms with Crippen LogP contribution in [0.1, 0.15) is 57.9 Å². The Morgan fingerprint density at radius 3 is 2.37 bits per heavy atom. The normalized spacial score (nSPS) is 12.3. The van der Waals surface area contributed by atoms with Crippen molar-refractivity contribution in [1.29, 1.82) is 0 Å². The van der Waals surface area contributed by atoms with Crippen LogP contribution >= 0.6 is 47.0 Å². The van der Waals surface area contributed by atoms with Gasteiger partial charge in [-0.2, -0.15) is 0 Å². The number of nitrogens with one attached hydrogen (secondary N) is 3. The summed E-state index contributed by atoms with van der Waals surface area (Å²) >= 11 is 23.4. The SMILES string of the molecule is CCCCCCCC(=O)NC(NC(=S)Nc1ccccc1CC)C(Cl)(Cl)Cl. The van der Waals surface area contributed by atoms with Gasteiger partial charge < -0.3 is 16.0 Å². The van der Waals surface area contributed by atoms with Gasteiger partial charge in [-0.15, -0.1) is 0 Å². The first-order valence-electron chi connectivity index (χ1n) is 9.29. The van der Waals surface area contributed by atoms with E-state index in [1.165, 1.54) is 6.42 Å². The molecule has 0 aliphatic carbocycles. The topological polar surface area (TPSA) is 53.2 Å². The number of carbonyl (C=O) groups is 1. The van der Waals surface area contributed by atoms with Crippen molar-refractivity contribution in [2.24, 2.45) is 0 Å². The Balaban J connectivity index is 2.59. The number of aryl methyl sites for hydroxylation is 1. The van der Waals surface area contributed by atoms with Crippen LogP contribution in [0.25, 0.3) is 0 Å². The second-order valence-electron chi connectivity index (χ2n) is 6.32. The molecule has 0 spiro atoms. The average molecular weight is 453 g/mol. The molecule has 1 aromatic carbocycles. The predicted octanol–water partition coefficient (Wildman–Crippen LogP) is 5.71. The van der Waals surface area contributed by atoms with E-state index in [-0.39, 0.29) is 11.0 Å². The maximum Gasteiger partial charge on any atom is 0.228 e. The molecule has 0 heterocycles. The van der Waals surface area contributed by atoms with Crippen LogP contribution in [-0.2, 0) is 11.2 Å². The molecule has 0 aliphatic rings. The van der Waals surface area contributed by atoms with E-state index in [9.17, 15) is 4.79 Å². The molecule has 152 valence electrons. The summed E-state index contributed by atoms with van der Waals surface area (Å²) < 4.78 is -1.74. The van der Waals surface area contributed by atoms with Crippen LogP contribution in [0.15, 0.2) is 24.3 Å². The van der Waals surface area contributed by atoms with Gasteiger partial charge >= 0.3 is 0 Å². The molecule has 4 nitrogen and oxygen atoms in total. The van der Waals surface area contributed by atoms with E-state index >= 15 is 0 Å². The van der Waals surface area contributed by atoms with Crippen molar-refractivity contribution >= 4 is 63.7 Å². The summed E-state index contributed by atoms with van der Waals surface area (Å²) in [5.41, 5.74) is 1.99. The molecule has 0 bridgehead atoms. The van der Waals surface area contributed by atoms with E-state index in [1.807, 2.05) is 24.3 Å². The number of para-hydroxylation sites is 1. The average Bonchev–Trinajstić information content (AvgIpc) is 2.60. The summed E-state index contributed by atoms with van der Waals surface area (Å²) in [6.45, 7) is 4.21. The van der Waals surface area contributed by atoms with E-state index in [4.69, 9.17) is 47.0 Å². The van der Waals surface area contributed by atoms with Gasteiger partial charge in [-0.1, -0.05) is 92.5 Å². The Kier molecular flexibility index (Phi) is 11.4. The zero-order valence-electron chi connectivity index (χ0n) is 15.8. The number of amides is 1. The van der Waals surface area contributed by atoms with Gasteiger partial charge in [0, 0.05) is 12.1 Å². The largest absolute Gasteiger partial charge is 0.339 e. The van der Waals surface area contributed by atoms with Crippen molar-refractivity contribution < 1.29 is 4.79 Å². The summed E-state index contributed by atoms with van der Waals surface area (Å²) in [6, 6.07) is 7.81. The van der Waals surface area contributed by atoms with Crippen LogP contribution in [0.3, 0.4) is 0 Å². The molecule has 8 heteroatoms. The van der Waals surface area contributed by atoms with E-state index in [0.717, 1.165) is 43.4 Å². The quantitative estimate of drug-likeness (QED) is 0.184. The highest BCUT2D eigenvalue weighted by Gasteiger charge is 2.34. The third-order valence-electron chi connectivity index (χ3n) is 4.06. The maximum absolute atomic E-state index is 12.2. The highest BCUT2D eigenvalue weighted by atomic mass is 35.6. The Morgan fingerprint density at radius 2 is 1.74 bits per heavy atom.